The molecule has 2 aromatic rings. The van der Waals surface area contributed by atoms with E-state index in [1.807, 2.05) is 36.4 Å². The zero-order valence-corrected chi connectivity index (χ0v) is 16.3. The summed E-state index contributed by atoms with van der Waals surface area (Å²) in [6, 6.07) is 11.8. The highest BCUT2D eigenvalue weighted by atomic mass is 35.5. The molecule has 0 aliphatic carbocycles. The van der Waals surface area contributed by atoms with Crippen molar-refractivity contribution in [1.29, 1.82) is 0 Å². The number of nitrogens with one attached hydrogen (secondary N) is 2. The number of methoxy groups -OCH3 is 1. The van der Waals surface area contributed by atoms with Crippen LogP contribution < -0.4 is 24.8 Å². The summed E-state index contributed by atoms with van der Waals surface area (Å²) in [5, 5.41) is 7.19. The van der Waals surface area contributed by atoms with E-state index in [0.717, 1.165) is 29.3 Å². The molecule has 27 heavy (non-hydrogen) atoms. The van der Waals surface area contributed by atoms with E-state index in [1.54, 1.807) is 14.2 Å². The second-order valence-electron chi connectivity index (χ2n) is 6.06. The van der Waals surface area contributed by atoms with Gasteiger partial charge >= 0.3 is 0 Å². The van der Waals surface area contributed by atoms with Gasteiger partial charge in [-0.05, 0) is 41.8 Å². The molecule has 0 atom stereocenters. The minimum Gasteiger partial charge on any atom is -0.497 e. The summed E-state index contributed by atoms with van der Waals surface area (Å²) >= 11 is 6.29. The second kappa shape index (κ2) is 9.37. The van der Waals surface area contributed by atoms with Crippen LogP contribution in [0.25, 0.3) is 0 Å². The first-order valence-electron chi connectivity index (χ1n) is 8.85. The van der Waals surface area contributed by atoms with Crippen LogP contribution in [0.15, 0.2) is 41.4 Å². The van der Waals surface area contributed by atoms with E-state index in [-0.39, 0.29) is 0 Å². The van der Waals surface area contributed by atoms with Crippen LogP contribution >= 0.6 is 11.6 Å². The molecule has 0 saturated carbocycles. The Bertz CT molecular complexity index is 811. The first-order chi connectivity index (χ1) is 13.2. The van der Waals surface area contributed by atoms with E-state index < -0.39 is 0 Å². The largest absolute Gasteiger partial charge is 0.497 e. The van der Waals surface area contributed by atoms with Gasteiger partial charge in [0.05, 0.1) is 12.1 Å². The average Bonchev–Trinajstić information content (AvgIpc) is 2.70. The van der Waals surface area contributed by atoms with Gasteiger partial charge in [-0.25, -0.2) is 0 Å². The zero-order valence-electron chi connectivity index (χ0n) is 15.5. The second-order valence-corrected chi connectivity index (χ2v) is 6.46. The lowest BCUT2D eigenvalue weighted by molar-refractivity contribution is 0.171. The third kappa shape index (κ3) is 5.20. The number of ether oxygens (including phenoxy) is 3. The van der Waals surface area contributed by atoms with E-state index in [1.165, 1.54) is 0 Å². The van der Waals surface area contributed by atoms with Crippen molar-refractivity contribution in [2.45, 2.75) is 13.0 Å². The van der Waals surface area contributed by atoms with Crippen LogP contribution in [0.5, 0.6) is 17.2 Å². The highest BCUT2D eigenvalue weighted by Gasteiger charge is 2.16. The number of benzene rings is 2. The monoisotopic (exact) mass is 389 g/mol. The zero-order chi connectivity index (χ0) is 19.1. The first kappa shape index (κ1) is 19.2. The van der Waals surface area contributed by atoms with Crippen LogP contribution in [0.2, 0.25) is 5.02 Å². The van der Waals surface area contributed by atoms with E-state index in [4.69, 9.17) is 25.8 Å². The molecule has 0 bridgehead atoms. The summed E-state index contributed by atoms with van der Waals surface area (Å²) < 4.78 is 16.4. The van der Waals surface area contributed by atoms with Gasteiger partial charge in [0.1, 0.15) is 19.0 Å². The van der Waals surface area contributed by atoms with E-state index >= 15 is 0 Å². The third-order valence-electron chi connectivity index (χ3n) is 4.18. The van der Waals surface area contributed by atoms with Crippen LogP contribution in [-0.2, 0) is 13.0 Å². The van der Waals surface area contributed by atoms with E-state index in [0.29, 0.717) is 42.8 Å². The van der Waals surface area contributed by atoms with Gasteiger partial charge in [-0.3, -0.25) is 4.99 Å². The molecule has 7 heteroatoms. The molecule has 1 aliphatic heterocycles. The Morgan fingerprint density at radius 1 is 1.15 bits per heavy atom. The van der Waals surface area contributed by atoms with Crippen molar-refractivity contribution in [3.05, 3.63) is 52.5 Å². The summed E-state index contributed by atoms with van der Waals surface area (Å²) in [4.78, 5) is 4.26. The van der Waals surface area contributed by atoms with Gasteiger partial charge in [-0.1, -0.05) is 23.7 Å². The number of rotatable bonds is 6. The Morgan fingerprint density at radius 3 is 2.81 bits per heavy atom. The number of guanidine groups is 1. The number of aliphatic imine (C=N–C) groups is 1. The van der Waals surface area contributed by atoms with Crippen molar-refractivity contribution in [2.24, 2.45) is 4.99 Å². The van der Waals surface area contributed by atoms with Gasteiger partial charge in [0.25, 0.3) is 0 Å². The highest BCUT2D eigenvalue weighted by Crippen LogP contribution is 2.38. The molecule has 0 fully saturated rings. The Kier molecular flexibility index (Phi) is 6.65. The van der Waals surface area contributed by atoms with Crippen LogP contribution in [0.1, 0.15) is 11.1 Å². The number of hydrogen-bond acceptors (Lipinski definition) is 4. The van der Waals surface area contributed by atoms with Crippen LogP contribution in [-0.4, -0.2) is 39.9 Å². The van der Waals surface area contributed by atoms with Gasteiger partial charge in [0, 0.05) is 20.1 Å². The Hall–Kier alpha value is -2.60. The molecule has 0 saturated heterocycles. The van der Waals surface area contributed by atoms with Gasteiger partial charge in [0.2, 0.25) is 0 Å². The number of hydrogen-bond donors (Lipinski definition) is 2. The third-order valence-corrected chi connectivity index (χ3v) is 4.46. The maximum Gasteiger partial charge on any atom is 0.191 e. The van der Waals surface area contributed by atoms with Crippen LogP contribution in [0.4, 0.5) is 0 Å². The fourth-order valence-corrected chi connectivity index (χ4v) is 3.11. The molecule has 3 rings (SSSR count). The lowest BCUT2D eigenvalue weighted by Gasteiger charge is -2.20. The van der Waals surface area contributed by atoms with Crippen LogP contribution in [0.3, 0.4) is 0 Å². The first-order valence-corrected chi connectivity index (χ1v) is 9.23. The molecule has 0 unspecified atom stereocenters. The fourth-order valence-electron chi connectivity index (χ4n) is 2.82. The van der Waals surface area contributed by atoms with Crippen molar-refractivity contribution in [3.8, 4) is 17.2 Å². The predicted molar refractivity (Wildman–Crippen MR) is 107 cm³/mol. The van der Waals surface area contributed by atoms with Gasteiger partial charge < -0.3 is 24.8 Å². The fraction of sp³-hybridized carbons (Fsp3) is 0.350. The van der Waals surface area contributed by atoms with E-state index in [2.05, 4.69) is 15.6 Å². The molecule has 6 nitrogen and oxygen atoms in total. The molecule has 0 spiro atoms. The number of nitrogens with zero attached hydrogens (tertiary/aromatic N) is 1. The molecule has 1 heterocycles. The Labute approximate surface area is 164 Å². The van der Waals surface area contributed by atoms with Crippen molar-refractivity contribution in [2.75, 3.05) is 33.9 Å². The predicted octanol–water partition coefficient (Wildman–Crippen LogP) is 3.03. The molecule has 0 radical (unpaired) electrons. The normalized spacial score (nSPS) is 13.2. The molecular weight excluding hydrogens is 366 g/mol. The summed E-state index contributed by atoms with van der Waals surface area (Å²) in [5.41, 5.74) is 2.20. The lowest BCUT2D eigenvalue weighted by Crippen LogP contribution is -2.37. The molecule has 2 aromatic carbocycles. The quantitative estimate of drug-likeness (QED) is 0.587. The highest BCUT2D eigenvalue weighted by molar-refractivity contribution is 6.32. The van der Waals surface area contributed by atoms with Crippen molar-refractivity contribution < 1.29 is 14.2 Å². The summed E-state index contributed by atoms with van der Waals surface area (Å²) in [6.07, 6.45) is 0.788. The topological polar surface area (TPSA) is 64.1 Å². The molecule has 1 aliphatic rings. The summed E-state index contributed by atoms with van der Waals surface area (Å²) in [7, 11) is 3.42. The lowest BCUT2D eigenvalue weighted by atomic mass is 10.1. The number of fused-ring (bicyclic) bond motifs is 1. The SMILES string of the molecule is CN=C(NCCc1cc(Cl)c2c(c1)OCCO2)NCc1cccc(OC)c1. The summed E-state index contributed by atoms with van der Waals surface area (Å²) in [6.45, 7) is 2.45. The Morgan fingerprint density at radius 2 is 2.00 bits per heavy atom. The number of halogens is 1. The maximum absolute atomic E-state index is 6.29. The van der Waals surface area contributed by atoms with Crippen molar-refractivity contribution >= 4 is 17.6 Å². The molecule has 144 valence electrons. The maximum atomic E-state index is 6.29. The van der Waals surface area contributed by atoms with E-state index in [9.17, 15) is 0 Å². The molecule has 0 aromatic heterocycles. The van der Waals surface area contributed by atoms with Gasteiger partial charge in [-0.2, -0.15) is 0 Å². The minimum absolute atomic E-state index is 0.531. The molecule has 2 N–H and O–H groups in total. The van der Waals surface area contributed by atoms with Crippen molar-refractivity contribution in [3.63, 3.8) is 0 Å². The molecule has 0 amide bonds. The minimum atomic E-state index is 0.531. The summed E-state index contributed by atoms with van der Waals surface area (Å²) in [5.74, 6) is 2.92. The molecular formula is C20H24ClN3O3. The van der Waals surface area contributed by atoms with Gasteiger partial charge in [-0.15, -0.1) is 0 Å². The van der Waals surface area contributed by atoms with Crippen LogP contribution in [0, 0.1) is 0 Å². The van der Waals surface area contributed by atoms with Gasteiger partial charge in [0.15, 0.2) is 17.5 Å². The standard InChI is InChI=1S/C20H24ClN3O3/c1-22-20(24-13-15-4-3-5-16(10-15)25-2)23-7-6-14-11-17(21)19-18(12-14)26-8-9-27-19/h3-5,10-12H,6-9,13H2,1-2H3,(H2,22,23,24). The van der Waals surface area contributed by atoms with Crippen molar-refractivity contribution in [1.82, 2.24) is 10.6 Å². The average molecular weight is 390 g/mol. The Balaban J connectivity index is 1.50. The smallest absolute Gasteiger partial charge is 0.191 e.